The first kappa shape index (κ1) is 18.4. The molecule has 3 heterocycles. The van der Waals surface area contributed by atoms with Gasteiger partial charge in [-0.05, 0) is 44.6 Å². The summed E-state index contributed by atoms with van der Waals surface area (Å²) < 4.78 is 5.36. The molecule has 0 radical (unpaired) electrons. The fraction of sp³-hybridized carbons (Fsp3) is 0.650. The standard InChI is InChI=1S/C20H27N3O4/c1-3-8-20(11-24)10-23(9-7-15(20)25)19(26)17-13-5-4-6-14(13)21-18-16(17)12(2)22-27-18/h15,24-25H,3-11H2,1-2H3/t15-,20-/m0/s1. The van der Waals surface area contributed by atoms with Crippen LogP contribution in [0.3, 0.4) is 0 Å². The lowest BCUT2D eigenvalue weighted by atomic mass is 9.74. The highest BCUT2D eigenvalue weighted by molar-refractivity contribution is 6.07. The fourth-order valence-corrected chi connectivity index (χ4v) is 4.81. The monoisotopic (exact) mass is 373 g/mol. The van der Waals surface area contributed by atoms with Gasteiger partial charge < -0.3 is 19.6 Å². The summed E-state index contributed by atoms with van der Waals surface area (Å²) in [7, 11) is 0. The van der Waals surface area contributed by atoms with Gasteiger partial charge >= 0.3 is 0 Å². The van der Waals surface area contributed by atoms with Crippen molar-refractivity contribution in [2.45, 2.75) is 58.5 Å². The largest absolute Gasteiger partial charge is 0.396 e. The number of rotatable bonds is 4. The summed E-state index contributed by atoms with van der Waals surface area (Å²) in [5.41, 5.74) is 3.05. The summed E-state index contributed by atoms with van der Waals surface area (Å²) in [5.74, 6) is -0.0623. The van der Waals surface area contributed by atoms with E-state index < -0.39 is 11.5 Å². The van der Waals surface area contributed by atoms with Gasteiger partial charge in [-0.25, -0.2) is 4.98 Å². The number of hydrogen-bond donors (Lipinski definition) is 2. The number of piperidine rings is 1. The lowest BCUT2D eigenvalue weighted by Crippen LogP contribution is -2.55. The van der Waals surface area contributed by atoms with E-state index in [1.807, 2.05) is 13.8 Å². The lowest BCUT2D eigenvalue weighted by molar-refractivity contribution is -0.0720. The second kappa shape index (κ2) is 6.87. The molecule has 0 aromatic carbocycles. The van der Waals surface area contributed by atoms with Crippen molar-refractivity contribution in [2.75, 3.05) is 19.7 Å². The molecule has 0 unspecified atom stereocenters. The quantitative estimate of drug-likeness (QED) is 0.850. The van der Waals surface area contributed by atoms with Crippen LogP contribution in [0.4, 0.5) is 0 Å². The molecule has 2 aromatic heterocycles. The molecule has 146 valence electrons. The van der Waals surface area contributed by atoms with Crippen molar-refractivity contribution < 1.29 is 19.5 Å². The Bertz CT molecular complexity index is 878. The van der Waals surface area contributed by atoms with Crippen LogP contribution in [0.1, 0.15) is 59.9 Å². The van der Waals surface area contributed by atoms with Gasteiger partial charge in [-0.2, -0.15) is 0 Å². The first-order valence-electron chi connectivity index (χ1n) is 9.86. The molecule has 7 nitrogen and oxygen atoms in total. The number of amides is 1. The first-order chi connectivity index (χ1) is 13.0. The molecule has 1 amide bonds. The highest BCUT2D eigenvalue weighted by Crippen LogP contribution is 2.37. The number of hydrogen-bond acceptors (Lipinski definition) is 6. The zero-order valence-corrected chi connectivity index (χ0v) is 16.0. The van der Waals surface area contributed by atoms with Crippen LogP contribution in [-0.2, 0) is 12.8 Å². The number of aromatic nitrogens is 2. The molecule has 4 rings (SSSR count). The third-order valence-corrected chi connectivity index (χ3v) is 6.27. The molecular weight excluding hydrogens is 346 g/mol. The summed E-state index contributed by atoms with van der Waals surface area (Å²) in [6.07, 6.45) is 4.08. The molecule has 0 bridgehead atoms. The Kier molecular flexibility index (Phi) is 4.68. The first-order valence-corrected chi connectivity index (χ1v) is 9.86. The van der Waals surface area contributed by atoms with Gasteiger partial charge in [0.15, 0.2) is 0 Å². The molecule has 0 saturated carbocycles. The van der Waals surface area contributed by atoms with E-state index in [9.17, 15) is 15.0 Å². The van der Waals surface area contributed by atoms with Crippen LogP contribution in [-0.4, -0.2) is 57.0 Å². The number of aliphatic hydroxyl groups excluding tert-OH is 2. The summed E-state index contributed by atoms with van der Waals surface area (Å²) in [5, 5.41) is 25.3. The van der Waals surface area contributed by atoms with E-state index in [0.717, 1.165) is 36.9 Å². The third-order valence-electron chi connectivity index (χ3n) is 6.27. The Hall–Kier alpha value is -1.99. The van der Waals surface area contributed by atoms with E-state index in [-0.39, 0.29) is 12.5 Å². The minimum absolute atomic E-state index is 0.0623. The Labute approximate surface area is 158 Å². The molecule has 0 spiro atoms. The molecule has 2 aliphatic rings. The zero-order chi connectivity index (χ0) is 19.2. The molecule has 27 heavy (non-hydrogen) atoms. The Balaban J connectivity index is 1.76. The van der Waals surface area contributed by atoms with E-state index in [2.05, 4.69) is 10.1 Å². The number of aryl methyl sites for hydroxylation is 2. The molecule has 1 fully saturated rings. The number of fused-ring (bicyclic) bond motifs is 2. The Morgan fingerprint density at radius 2 is 2.22 bits per heavy atom. The van der Waals surface area contributed by atoms with Crippen molar-refractivity contribution in [1.82, 2.24) is 15.0 Å². The minimum Gasteiger partial charge on any atom is -0.396 e. The average molecular weight is 373 g/mol. The van der Waals surface area contributed by atoms with Crippen molar-refractivity contribution in [3.63, 3.8) is 0 Å². The maximum Gasteiger partial charge on any atom is 0.259 e. The SMILES string of the molecule is CCC[C@@]1(CO)CN(C(=O)c2c3c(nc4onc(C)c24)CCC3)CC[C@@H]1O. The van der Waals surface area contributed by atoms with Crippen LogP contribution < -0.4 is 0 Å². The van der Waals surface area contributed by atoms with Crippen molar-refractivity contribution in [3.05, 3.63) is 22.5 Å². The Morgan fingerprint density at radius 3 is 2.96 bits per heavy atom. The lowest BCUT2D eigenvalue weighted by Gasteiger charge is -2.45. The van der Waals surface area contributed by atoms with Crippen LogP contribution in [0.5, 0.6) is 0 Å². The summed E-state index contributed by atoms with van der Waals surface area (Å²) in [6.45, 7) is 4.59. The number of pyridine rings is 1. The number of aliphatic hydroxyl groups is 2. The van der Waals surface area contributed by atoms with Crippen molar-refractivity contribution in [1.29, 1.82) is 0 Å². The minimum atomic E-state index is -0.651. The summed E-state index contributed by atoms with van der Waals surface area (Å²) >= 11 is 0. The van der Waals surface area contributed by atoms with Crippen molar-refractivity contribution in [3.8, 4) is 0 Å². The van der Waals surface area contributed by atoms with Gasteiger partial charge in [0.2, 0.25) is 0 Å². The van der Waals surface area contributed by atoms with Gasteiger partial charge in [-0.1, -0.05) is 18.5 Å². The maximum atomic E-state index is 13.6. The number of likely N-dealkylation sites (tertiary alicyclic amines) is 1. The van der Waals surface area contributed by atoms with Gasteiger partial charge in [0, 0.05) is 24.2 Å². The number of carbonyl (C=O) groups excluding carboxylic acids is 1. The van der Waals surface area contributed by atoms with Crippen LogP contribution in [0, 0.1) is 12.3 Å². The van der Waals surface area contributed by atoms with E-state index in [4.69, 9.17) is 4.52 Å². The van der Waals surface area contributed by atoms with Gasteiger partial charge in [0.25, 0.3) is 11.6 Å². The van der Waals surface area contributed by atoms with Gasteiger partial charge in [0.1, 0.15) is 0 Å². The topological polar surface area (TPSA) is 99.7 Å². The molecule has 1 aliphatic heterocycles. The highest BCUT2D eigenvalue weighted by Gasteiger charge is 2.44. The second-order valence-corrected chi connectivity index (χ2v) is 8.02. The van der Waals surface area contributed by atoms with Crippen LogP contribution in [0.15, 0.2) is 4.52 Å². The van der Waals surface area contributed by atoms with E-state index in [0.29, 0.717) is 48.3 Å². The third kappa shape index (κ3) is 2.84. The number of nitrogens with zero attached hydrogens (tertiary/aromatic N) is 3. The number of carbonyl (C=O) groups is 1. The van der Waals surface area contributed by atoms with Gasteiger partial charge in [-0.3, -0.25) is 4.79 Å². The van der Waals surface area contributed by atoms with E-state index >= 15 is 0 Å². The summed E-state index contributed by atoms with van der Waals surface area (Å²) in [4.78, 5) is 20.0. The normalized spacial score (nSPS) is 25.2. The van der Waals surface area contributed by atoms with E-state index in [1.165, 1.54) is 0 Å². The Morgan fingerprint density at radius 1 is 1.41 bits per heavy atom. The maximum absolute atomic E-state index is 13.6. The van der Waals surface area contributed by atoms with Gasteiger partial charge in [0.05, 0.1) is 29.4 Å². The fourth-order valence-electron chi connectivity index (χ4n) is 4.81. The predicted molar refractivity (Wildman–Crippen MR) is 99.5 cm³/mol. The molecular formula is C20H27N3O4. The van der Waals surface area contributed by atoms with Crippen LogP contribution in [0.2, 0.25) is 0 Å². The molecule has 2 aromatic rings. The predicted octanol–water partition coefficient (Wildman–Crippen LogP) is 2.01. The van der Waals surface area contributed by atoms with Crippen LogP contribution >= 0.6 is 0 Å². The highest BCUT2D eigenvalue weighted by atomic mass is 16.5. The molecule has 7 heteroatoms. The molecule has 2 atom stereocenters. The van der Waals surface area contributed by atoms with Gasteiger partial charge in [-0.15, -0.1) is 0 Å². The zero-order valence-electron chi connectivity index (χ0n) is 16.0. The molecule has 1 saturated heterocycles. The average Bonchev–Trinajstić information content (AvgIpc) is 3.28. The van der Waals surface area contributed by atoms with Crippen LogP contribution in [0.25, 0.3) is 11.1 Å². The van der Waals surface area contributed by atoms with Crippen molar-refractivity contribution in [2.24, 2.45) is 5.41 Å². The second-order valence-electron chi connectivity index (χ2n) is 8.02. The molecule has 1 aliphatic carbocycles. The smallest absolute Gasteiger partial charge is 0.259 e. The molecule has 2 N–H and O–H groups in total. The van der Waals surface area contributed by atoms with Crippen molar-refractivity contribution >= 4 is 17.0 Å². The van der Waals surface area contributed by atoms with E-state index in [1.54, 1.807) is 4.90 Å². The summed E-state index contributed by atoms with van der Waals surface area (Å²) in [6, 6.07) is 0.